The van der Waals surface area contributed by atoms with Crippen molar-refractivity contribution in [1.29, 1.82) is 0 Å². The predicted molar refractivity (Wildman–Crippen MR) is 97.8 cm³/mol. The maximum atomic E-state index is 12.7. The van der Waals surface area contributed by atoms with Gasteiger partial charge in [-0.25, -0.2) is 0 Å². The average Bonchev–Trinajstić information content (AvgIpc) is 2.89. The van der Waals surface area contributed by atoms with Gasteiger partial charge in [-0.1, -0.05) is 0 Å². The van der Waals surface area contributed by atoms with Crippen molar-refractivity contribution in [2.24, 2.45) is 0 Å². The Labute approximate surface area is 162 Å². The zero-order valence-corrected chi connectivity index (χ0v) is 15.7. The molecule has 0 aliphatic carbocycles. The van der Waals surface area contributed by atoms with Gasteiger partial charge in [0.1, 0.15) is 17.6 Å². The van der Waals surface area contributed by atoms with Crippen LogP contribution in [0.3, 0.4) is 0 Å². The number of rotatable bonds is 8. The third kappa shape index (κ3) is 4.11. The average molecular weight is 386 g/mol. The summed E-state index contributed by atoms with van der Waals surface area (Å²) in [4.78, 5) is 60.5. The van der Waals surface area contributed by atoms with Gasteiger partial charge in [-0.3, -0.25) is 29.4 Å². The first-order valence-electron chi connectivity index (χ1n) is 9.36. The molecule has 0 saturated carbocycles. The van der Waals surface area contributed by atoms with E-state index in [1.165, 1.54) is 12.1 Å². The highest BCUT2D eigenvalue weighted by Crippen LogP contribution is 2.30. The van der Waals surface area contributed by atoms with E-state index in [-0.39, 0.29) is 29.8 Å². The predicted octanol–water partition coefficient (Wildman–Crippen LogP) is 1.62. The van der Waals surface area contributed by atoms with Crippen LogP contribution >= 0.6 is 0 Å². The number of nitrogens with one attached hydrogen (secondary N) is 1. The molecule has 148 valence electrons. The molecule has 1 saturated heterocycles. The van der Waals surface area contributed by atoms with Gasteiger partial charge in [-0.05, 0) is 50.8 Å². The lowest BCUT2D eigenvalue weighted by atomic mass is 10.0. The number of hydrogen-bond acceptors (Lipinski definition) is 6. The first kappa shape index (κ1) is 19.7. The maximum absolute atomic E-state index is 12.7. The third-order valence-corrected chi connectivity index (χ3v) is 4.85. The smallest absolute Gasteiger partial charge is 0.262 e. The molecule has 3 rings (SSSR count). The van der Waals surface area contributed by atoms with Crippen molar-refractivity contribution < 1.29 is 28.7 Å². The SMILES string of the molecule is CC(=O)CCCCCOc1ccc2c(c1)C(=O)N(C1CCC(=O)NC1=O)C2=O. The second-order valence-corrected chi connectivity index (χ2v) is 7.02. The van der Waals surface area contributed by atoms with Crippen LogP contribution in [0.25, 0.3) is 0 Å². The highest BCUT2D eigenvalue weighted by molar-refractivity contribution is 6.23. The highest BCUT2D eigenvalue weighted by Gasteiger charge is 2.44. The Bertz CT molecular complexity index is 847. The van der Waals surface area contributed by atoms with E-state index in [4.69, 9.17) is 4.74 Å². The normalized spacial score (nSPS) is 18.9. The highest BCUT2D eigenvalue weighted by atomic mass is 16.5. The standard InChI is InChI=1S/C20H22N2O6/c1-12(23)5-3-2-4-10-28-13-6-7-14-15(11-13)20(27)22(19(14)26)16-8-9-17(24)21-18(16)25/h6-7,11,16H,2-5,8-10H2,1H3,(H,21,24,25). The van der Waals surface area contributed by atoms with E-state index in [1.54, 1.807) is 13.0 Å². The van der Waals surface area contributed by atoms with Gasteiger partial charge in [0, 0.05) is 12.8 Å². The molecule has 2 aliphatic rings. The first-order valence-corrected chi connectivity index (χ1v) is 9.36. The van der Waals surface area contributed by atoms with Crippen LogP contribution in [0.2, 0.25) is 0 Å². The van der Waals surface area contributed by atoms with Crippen LogP contribution in [0.5, 0.6) is 5.75 Å². The lowest BCUT2D eigenvalue weighted by Crippen LogP contribution is -2.54. The molecular formula is C20H22N2O6. The fourth-order valence-corrected chi connectivity index (χ4v) is 3.38. The number of ether oxygens (including phenoxy) is 1. The van der Waals surface area contributed by atoms with Gasteiger partial charge in [0.25, 0.3) is 11.8 Å². The van der Waals surface area contributed by atoms with E-state index >= 15 is 0 Å². The molecule has 1 aromatic rings. The van der Waals surface area contributed by atoms with Crippen LogP contribution in [-0.2, 0) is 14.4 Å². The largest absolute Gasteiger partial charge is 0.494 e. The second-order valence-electron chi connectivity index (χ2n) is 7.02. The molecule has 8 heteroatoms. The molecule has 8 nitrogen and oxygen atoms in total. The maximum Gasteiger partial charge on any atom is 0.262 e. The summed E-state index contributed by atoms with van der Waals surface area (Å²) in [5.74, 6) is -1.49. The Hall–Kier alpha value is -3.03. The summed E-state index contributed by atoms with van der Waals surface area (Å²) in [6.07, 6.45) is 3.23. The van der Waals surface area contributed by atoms with Crippen molar-refractivity contribution in [1.82, 2.24) is 10.2 Å². The van der Waals surface area contributed by atoms with Crippen LogP contribution in [0, 0.1) is 0 Å². The molecule has 0 spiro atoms. The lowest BCUT2D eigenvalue weighted by molar-refractivity contribution is -0.136. The number of hydrogen-bond donors (Lipinski definition) is 1. The van der Waals surface area contributed by atoms with Crippen molar-refractivity contribution in [3.63, 3.8) is 0 Å². The first-order chi connectivity index (χ1) is 13.4. The number of ketones is 1. The number of imide groups is 2. The van der Waals surface area contributed by atoms with Crippen molar-refractivity contribution >= 4 is 29.4 Å². The topological polar surface area (TPSA) is 110 Å². The third-order valence-electron chi connectivity index (χ3n) is 4.85. The number of carbonyl (C=O) groups excluding carboxylic acids is 5. The van der Waals surface area contributed by atoms with Crippen molar-refractivity contribution in [2.75, 3.05) is 6.61 Å². The number of carbonyl (C=O) groups is 5. The molecule has 0 aromatic heterocycles. The van der Waals surface area contributed by atoms with Gasteiger partial charge >= 0.3 is 0 Å². The zero-order valence-electron chi connectivity index (χ0n) is 15.7. The summed E-state index contributed by atoms with van der Waals surface area (Å²) in [5, 5.41) is 2.17. The van der Waals surface area contributed by atoms with Gasteiger partial charge in [0.05, 0.1) is 17.7 Å². The van der Waals surface area contributed by atoms with E-state index in [9.17, 15) is 24.0 Å². The number of unbranched alkanes of at least 4 members (excludes halogenated alkanes) is 2. The summed E-state index contributed by atoms with van der Waals surface area (Å²) >= 11 is 0. The minimum absolute atomic E-state index is 0.0851. The second kappa shape index (κ2) is 8.33. The van der Waals surface area contributed by atoms with E-state index in [0.717, 1.165) is 24.2 Å². The van der Waals surface area contributed by atoms with Crippen LogP contribution in [0.1, 0.15) is 66.2 Å². The van der Waals surface area contributed by atoms with E-state index in [2.05, 4.69) is 5.32 Å². The summed E-state index contributed by atoms with van der Waals surface area (Å²) in [6.45, 7) is 2.01. The number of Topliss-reactive ketones (excluding diaryl/α,β-unsaturated/α-hetero) is 1. The van der Waals surface area contributed by atoms with Crippen molar-refractivity contribution in [2.45, 2.75) is 51.5 Å². The molecular weight excluding hydrogens is 364 g/mol. The minimum Gasteiger partial charge on any atom is -0.494 e. The Morgan fingerprint density at radius 1 is 1.11 bits per heavy atom. The Kier molecular flexibility index (Phi) is 5.87. The van der Waals surface area contributed by atoms with E-state index in [0.29, 0.717) is 18.8 Å². The summed E-state index contributed by atoms with van der Waals surface area (Å²) < 4.78 is 5.65. The fourth-order valence-electron chi connectivity index (χ4n) is 3.38. The van der Waals surface area contributed by atoms with Crippen LogP contribution in [0.4, 0.5) is 0 Å². The van der Waals surface area contributed by atoms with Gasteiger partial charge in [-0.2, -0.15) is 0 Å². The summed E-state index contributed by atoms with van der Waals surface area (Å²) in [5.41, 5.74) is 0.423. The molecule has 28 heavy (non-hydrogen) atoms. The zero-order chi connectivity index (χ0) is 20.3. The van der Waals surface area contributed by atoms with Gasteiger partial charge in [0.15, 0.2) is 0 Å². The van der Waals surface area contributed by atoms with Gasteiger partial charge in [0.2, 0.25) is 11.8 Å². The molecule has 1 N–H and O–H groups in total. The van der Waals surface area contributed by atoms with Crippen LogP contribution < -0.4 is 10.1 Å². The molecule has 1 aromatic carbocycles. The van der Waals surface area contributed by atoms with Gasteiger partial charge in [-0.15, -0.1) is 0 Å². The van der Waals surface area contributed by atoms with Crippen LogP contribution in [-0.4, -0.2) is 47.0 Å². The van der Waals surface area contributed by atoms with E-state index in [1.807, 2.05) is 0 Å². The molecule has 1 fully saturated rings. The molecule has 4 amide bonds. The van der Waals surface area contributed by atoms with Crippen LogP contribution in [0.15, 0.2) is 18.2 Å². The summed E-state index contributed by atoms with van der Waals surface area (Å²) in [7, 11) is 0. The quantitative estimate of drug-likeness (QED) is 0.537. The summed E-state index contributed by atoms with van der Waals surface area (Å²) in [6, 6.07) is 3.67. The van der Waals surface area contributed by atoms with E-state index < -0.39 is 29.7 Å². The number of nitrogens with zero attached hydrogens (tertiary/aromatic N) is 1. The number of benzene rings is 1. The number of piperidine rings is 1. The Balaban J connectivity index is 1.62. The molecule has 2 heterocycles. The lowest BCUT2D eigenvalue weighted by Gasteiger charge is -2.27. The molecule has 1 unspecified atom stereocenters. The molecule has 1 atom stereocenters. The van der Waals surface area contributed by atoms with Gasteiger partial charge < -0.3 is 9.53 Å². The molecule has 0 bridgehead atoms. The Morgan fingerprint density at radius 2 is 1.86 bits per heavy atom. The number of amides is 4. The molecule has 2 aliphatic heterocycles. The van der Waals surface area contributed by atoms with Crippen molar-refractivity contribution in [3.05, 3.63) is 29.3 Å². The Morgan fingerprint density at radius 3 is 2.57 bits per heavy atom. The number of fused-ring (bicyclic) bond motifs is 1. The minimum atomic E-state index is -0.976. The fraction of sp³-hybridized carbons (Fsp3) is 0.450. The van der Waals surface area contributed by atoms with Crippen molar-refractivity contribution in [3.8, 4) is 5.75 Å². The molecule has 0 radical (unpaired) electrons. The monoisotopic (exact) mass is 386 g/mol.